The molecule has 0 radical (unpaired) electrons. The molecule has 3 aromatic rings. The molecule has 12 heteroatoms. The van der Waals surface area contributed by atoms with E-state index in [4.69, 9.17) is 37.4 Å². The monoisotopic (exact) mass is 584 g/mol. The number of carbonyl (C=O) groups excluding carboxylic acids is 2. The van der Waals surface area contributed by atoms with Crippen LogP contribution in [0, 0.1) is 0 Å². The van der Waals surface area contributed by atoms with Gasteiger partial charge in [-0.05, 0) is 37.6 Å². The van der Waals surface area contributed by atoms with Gasteiger partial charge in [0.1, 0.15) is 5.69 Å². The van der Waals surface area contributed by atoms with Crippen molar-refractivity contribution in [2.75, 3.05) is 20.3 Å². The molecule has 0 saturated heterocycles. The molecule has 2 aromatic heterocycles. The van der Waals surface area contributed by atoms with Crippen molar-refractivity contribution in [1.29, 1.82) is 0 Å². The van der Waals surface area contributed by atoms with Crippen LogP contribution < -0.4 is 10.9 Å². The van der Waals surface area contributed by atoms with Crippen LogP contribution in [-0.2, 0) is 30.4 Å². The van der Waals surface area contributed by atoms with Gasteiger partial charge in [-0.3, -0.25) is 9.78 Å². The van der Waals surface area contributed by atoms with E-state index in [0.717, 1.165) is 0 Å². The highest BCUT2D eigenvalue weighted by molar-refractivity contribution is 6.42. The summed E-state index contributed by atoms with van der Waals surface area (Å²) in [6.45, 7) is 3.33. The lowest BCUT2D eigenvalue weighted by molar-refractivity contribution is -0.139. The fraction of sp³-hybridized carbons (Fsp3) is 0.250. The number of pyridine rings is 1. The minimum atomic E-state index is -0.953. The van der Waals surface area contributed by atoms with Crippen molar-refractivity contribution in [2.24, 2.45) is 0 Å². The van der Waals surface area contributed by atoms with Gasteiger partial charge in [-0.1, -0.05) is 41.4 Å². The lowest BCUT2D eigenvalue weighted by atomic mass is 9.80. The summed E-state index contributed by atoms with van der Waals surface area (Å²) in [4.78, 5) is 49.8. The van der Waals surface area contributed by atoms with Gasteiger partial charge in [-0.25, -0.2) is 14.6 Å². The van der Waals surface area contributed by atoms with Gasteiger partial charge in [-0.15, -0.1) is 0 Å². The highest BCUT2D eigenvalue weighted by atomic mass is 35.5. The molecule has 0 fully saturated rings. The van der Waals surface area contributed by atoms with Crippen molar-refractivity contribution in [3.63, 3.8) is 0 Å². The van der Waals surface area contributed by atoms with E-state index in [1.54, 1.807) is 56.4 Å². The van der Waals surface area contributed by atoms with Gasteiger partial charge in [-0.2, -0.15) is 0 Å². The molecule has 208 valence electrons. The number of rotatable bonds is 9. The zero-order chi connectivity index (χ0) is 28.8. The van der Waals surface area contributed by atoms with Crippen LogP contribution >= 0.6 is 23.2 Å². The molecule has 0 spiro atoms. The van der Waals surface area contributed by atoms with E-state index in [1.807, 2.05) is 0 Å². The van der Waals surface area contributed by atoms with Crippen LogP contribution in [-0.4, -0.2) is 47.2 Å². The number of hydrogen-bond donors (Lipinski definition) is 2. The quantitative estimate of drug-likeness (QED) is 0.353. The van der Waals surface area contributed by atoms with Crippen LogP contribution in [0.3, 0.4) is 0 Å². The van der Waals surface area contributed by atoms with E-state index in [2.05, 4.69) is 20.3 Å². The third-order valence-corrected chi connectivity index (χ3v) is 6.87. The number of hydrogen-bond acceptors (Lipinski definition) is 9. The maximum Gasteiger partial charge on any atom is 0.336 e. The Labute approximate surface area is 240 Å². The molecule has 3 heterocycles. The van der Waals surface area contributed by atoms with Crippen LogP contribution in [0.2, 0.25) is 10.0 Å². The first-order valence-corrected chi connectivity index (χ1v) is 13.0. The molecule has 0 saturated carbocycles. The van der Waals surface area contributed by atoms with Crippen molar-refractivity contribution in [3.05, 3.63) is 103 Å². The lowest BCUT2D eigenvalue weighted by Crippen LogP contribution is -2.34. The molecule has 10 nitrogen and oxygen atoms in total. The summed E-state index contributed by atoms with van der Waals surface area (Å²) in [7, 11) is 1.24. The zero-order valence-corrected chi connectivity index (χ0v) is 23.4. The Morgan fingerprint density at radius 1 is 1.05 bits per heavy atom. The van der Waals surface area contributed by atoms with Crippen molar-refractivity contribution in [1.82, 2.24) is 20.3 Å². The summed E-state index contributed by atoms with van der Waals surface area (Å²) < 4.78 is 16.3. The van der Waals surface area contributed by atoms with E-state index in [1.165, 1.54) is 13.2 Å². The highest BCUT2D eigenvalue weighted by Crippen LogP contribution is 2.43. The standard InChI is InChI=1S/C28H26Cl2N4O6/c1-4-40-28(37)22-15(2)32-20(24(27(36)38-3)23(22)17-8-7-9-18(29)25(17)30)14-39-13-16-12-21(35)34-26(33-16)19-10-5-6-11-31-19/h5-12,23,32H,4,13-14H2,1-3H3,(H,33,34,35). The third-order valence-electron chi connectivity index (χ3n) is 6.04. The number of H-pyrrole nitrogens is 1. The van der Waals surface area contributed by atoms with Gasteiger partial charge in [0.25, 0.3) is 5.56 Å². The first-order chi connectivity index (χ1) is 19.2. The number of aromatic nitrogens is 3. The second-order valence-corrected chi connectivity index (χ2v) is 9.42. The normalized spacial score (nSPS) is 15.1. The van der Waals surface area contributed by atoms with Gasteiger partial charge in [0, 0.05) is 18.0 Å². The molecule has 4 rings (SSSR count). The minimum Gasteiger partial charge on any atom is -0.466 e. The van der Waals surface area contributed by atoms with Crippen molar-refractivity contribution in [2.45, 2.75) is 26.4 Å². The van der Waals surface area contributed by atoms with E-state index in [0.29, 0.717) is 34.2 Å². The molecular weight excluding hydrogens is 559 g/mol. The fourth-order valence-electron chi connectivity index (χ4n) is 4.36. The topological polar surface area (TPSA) is 132 Å². The number of aromatic amines is 1. The molecule has 40 heavy (non-hydrogen) atoms. The Hall–Kier alpha value is -3.99. The van der Waals surface area contributed by atoms with Crippen LogP contribution in [0.1, 0.15) is 31.0 Å². The Morgan fingerprint density at radius 3 is 2.55 bits per heavy atom. The van der Waals surface area contributed by atoms with E-state index in [-0.39, 0.29) is 46.6 Å². The Balaban J connectivity index is 1.71. The third kappa shape index (κ3) is 6.25. The van der Waals surface area contributed by atoms with Gasteiger partial charge in [0.2, 0.25) is 0 Å². The molecule has 1 aliphatic heterocycles. The van der Waals surface area contributed by atoms with Gasteiger partial charge in [0.15, 0.2) is 5.82 Å². The summed E-state index contributed by atoms with van der Waals surface area (Å²) in [6, 6.07) is 11.5. The largest absolute Gasteiger partial charge is 0.466 e. The number of esters is 2. The van der Waals surface area contributed by atoms with Crippen molar-refractivity contribution < 1.29 is 23.8 Å². The van der Waals surface area contributed by atoms with Crippen LogP contribution in [0.4, 0.5) is 0 Å². The zero-order valence-electron chi connectivity index (χ0n) is 21.9. The van der Waals surface area contributed by atoms with E-state index < -0.39 is 17.9 Å². The number of halogens is 2. The van der Waals surface area contributed by atoms with E-state index in [9.17, 15) is 14.4 Å². The summed E-state index contributed by atoms with van der Waals surface area (Å²) in [5, 5.41) is 3.53. The number of allylic oxidation sites excluding steroid dienone is 1. The molecule has 0 amide bonds. The maximum atomic E-state index is 13.2. The average Bonchev–Trinajstić information content (AvgIpc) is 2.94. The summed E-state index contributed by atoms with van der Waals surface area (Å²) in [5.41, 5.74) is 1.99. The summed E-state index contributed by atoms with van der Waals surface area (Å²) in [6.07, 6.45) is 1.59. The predicted molar refractivity (Wildman–Crippen MR) is 148 cm³/mol. The number of nitrogens with zero attached hydrogens (tertiary/aromatic N) is 2. The fourth-order valence-corrected chi connectivity index (χ4v) is 4.78. The average molecular weight is 585 g/mol. The molecular formula is C28H26Cl2N4O6. The predicted octanol–water partition coefficient (Wildman–Crippen LogP) is 4.31. The van der Waals surface area contributed by atoms with Crippen molar-refractivity contribution in [3.8, 4) is 11.5 Å². The Bertz CT molecular complexity index is 1550. The molecule has 1 aliphatic rings. The number of benzene rings is 1. The molecule has 0 bridgehead atoms. The number of dihydropyridines is 1. The van der Waals surface area contributed by atoms with Crippen molar-refractivity contribution >= 4 is 35.1 Å². The number of nitrogens with one attached hydrogen (secondary N) is 2. The first kappa shape index (κ1) is 29.0. The highest BCUT2D eigenvalue weighted by Gasteiger charge is 2.40. The smallest absolute Gasteiger partial charge is 0.336 e. The second-order valence-electron chi connectivity index (χ2n) is 8.64. The van der Waals surface area contributed by atoms with Gasteiger partial charge < -0.3 is 24.5 Å². The molecule has 1 unspecified atom stereocenters. The first-order valence-electron chi connectivity index (χ1n) is 12.2. The summed E-state index contributed by atoms with van der Waals surface area (Å²) in [5.74, 6) is -1.98. The van der Waals surface area contributed by atoms with Gasteiger partial charge >= 0.3 is 11.9 Å². The number of carbonyl (C=O) groups is 2. The molecule has 1 aromatic carbocycles. The van der Waals surface area contributed by atoms with Crippen LogP contribution in [0.25, 0.3) is 11.5 Å². The Kier molecular flexibility index (Phi) is 9.36. The number of methoxy groups -OCH3 is 1. The minimum absolute atomic E-state index is 0.0561. The second kappa shape index (κ2) is 12.9. The summed E-state index contributed by atoms with van der Waals surface area (Å²) >= 11 is 12.9. The van der Waals surface area contributed by atoms with E-state index >= 15 is 0 Å². The van der Waals surface area contributed by atoms with Crippen LogP contribution in [0.5, 0.6) is 0 Å². The molecule has 0 aliphatic carbocycles. The lowest BCUT2D eigenvalue weighted by Gasteiger charge is -2.31. The SMILES string of the molecule is CCOC(=O)C1=C(C)NC(COCc2cc(=O)[nH]c(-c3ccccn3)n2)=C(C(=O)OC)C1c1cccc(Cl)c1Cl. The maximum absolute atomic E-state index is 13.2. The van der Waals surface area contributed by atoms with Crippen LogP contribution in [0.15, 0.2) is 76.0 Å². The molecule has 2 N–H and O–H groups in total. The van der Waals surface area contributed by atoms with Gasteiger partial charge in [0.05, 0.1) is 65.4 Å². The molecule has 1 atom stereocenters. The number of ether oxygens (including phenoxy) is 3. The Morgan fingerprint density at radius 2 is 1.85 bits per heavy atom.